The van der Waals surface area contributed by atoms with Crippen molar-refractivity contribution in [1.29, 1.82) is 10.8 Å². The molecule has 0 radical (unpaired) electrons. The fraction of sp³-hybridized carbons (Fsp3) is 0.211. The van der Waals surface area contributed by atoms with E-state index in [1.54, 1.807) is 12.1 Å². The molecule has 2 aromatic carbocycles. The summed E-state index contributed by atoms with van der Waals surface area (Å²) in [6.07, 6.45) is 0.918. The third kappa shape index (κ3) is 6.87. The van der Waals surface area contributed by atoms with Crippen molar-refractivity contribution in [2.24, 2.45) is 11.5 Å². The highest BCUT2D eigenvalue weighted by Crippen LogP contribution is 2.23. The van der Waals surface area contributed by atoms with Gasteiger partial charge >= 0.3 is 5.97 Å². The average Bonchev–Trinajstić information content (AvgIpc) is 2.61. The van der Waals surface area contributed by atoms with Gasteiger partial charge in [-0.15, -0.1) is 0 Å². The molecule has 0 saturated heterocycles. The van der Waals surface area contributed by atoms with Gasteiger partial charge in [0, 0.05) is 11.1 Å². The Balaban J connectivity index is 0.000000293. The molecular weight excluding hydrogens is 316 g/mol. The molecular formula is C19H24N4O2. The summed E-state index contributed by atoms with van der Waals surface area (Å²) in [5.41, 5.74) is 13.0. The number of hydrogen-bond acceptors (Lipinski definition) is 3. The van der Waals surface area contributed by atoms with Crippen LogP contribution in [0.4, 0.5) is 0 Å². The highest BCUT2D eigenvalue weighted by Gasteiger charge is 2.13. The molecule has 0 amide bonds. The molecule has 0 aliphatic carbocycles. The first-order chi connectivity index (χ1) is 11.8. The van der Waals surface area contributed by atoms with E-state index in [-0.39, 0.29) is 24.0 Å². The summed E-state index contributed by atoms with van der Waals surface area (Å²) < 4.78 is 0. The second-order valence-electron chi connectivity index (χ2n) is 5.52. The predicted octanol–water partition coefficient (Wildman–Crippen LogP) is 2.91. The van der Waals surface area contributed by atoms with Crippen LogP contribution in [0, 0.1) is 10.8 Å². The van der Waals surface area contributed by atoms with Crippen molar-refractivity contribution < 1.29 is 9.90 Å². The molecule has 0 aromatic heterocycles. The van der Waals surface area contributed by atoms with Gasteiger partial charge in [-0.05, 0) is 17.9 Å². The third-order valence-corrected chi connectivity index (χ3v) is 3.69. The number of hydrogen-bond donors (Lipinski definition) is 5. The lowest BCUT2D eigenvalue weighted by molar-refractivity contribution is -0.137. The molecule has 132 valence electrons. The van der Waals surface area contributed by atoms with Gasteiger partial charge in [0.15, 0.2) is 0 Å². The molecule has 0 saturated carbocycles. The van der Waals surface area contributed by atoms with Gasteiger partial charge in [-0.2, -0.15) is 0 Å². The average molecular weight is 340 g/mol. The second-order valence-corrected chi connectivity index (χ2v) is 5.52. The number of carbonyl (C=O) groups is 1. The first-order valence-corrected chi connectivity index (χ1v) is 7.90. The molecule has 6 nitrogen and oxygen atoms in total. The lowest BCUT2D eigenvalue weighted by atomic mass is 9.92. The number of benzene rings is 2. The molecule has 25 heavy (non-hydrogen) atoms. The summed E-state index contributed by atoms with van der Waals surface area (Å²) in [6, 6.07) is 16.4. The first-order valence-electron chi connectivity index (χ1n) is 7.90. The number of amidine groups is 2. The van der Waals surface area contributed by atoms with Gasteiger partial charge in [-0.25, -0.2) is 0 Å². The van der Waals surface area contributed by atoms with Crippen molar-refractivity contribution in [3.8, 4) is 0 Å². The van der Waals surface area contributed by atoms with Crippen LogP contribution in [-0.2, 0) is 4.79 Å². The Bertz CT molecular complexity index is 712. The number of carboxylic acid groups (broad SMARTS) is 1. The molecule has 0 bridgehead atoms. The van der Waals surface area contributed by atoms with Crippen LogP contribution in [0.3, 0.4) is 0 Å². The first kappa shape index (κ1) is 19.9. The van der Waals surface area contributed by atoms with E-state index in [9.17, 15) is 4.79 Å². The van der Waals surface area contributed by atoms with Crippen LogP contribution >= 0.6 is 0 Å². The number of rotatable bonds is 6. The van der Waals surface area contributed by atoms with Gasteiger partial charge in [0.05, 0.1) is 6.42 Å². The van der Waals surface area contributed by atoms with Crippen molar-refractivity contribution >= 4 is 17.6 Å². The predicted molar refractivity (Wildman–Crippen MR) is 100 cm³/mol. The number of nitrogen functional groups attached to an aromatic ring is 2. The quantitative estimate of drug-likeness (QED) is 0.408. The van der Waals surface area contributed by atoms with Gasteiger partial charge < -0.3 is 16.6 Å². The van der Waals surface area contributed by atoms with Crippen LogP contribution in [0.1, 0.15) is 42.4 Å². The summed E-state index contributed by atoms with van der Waals surface area (Å²) >= 11 is 0. The van der Waals surface area contributed by atoms with Crippen LogP contribution in [0.5, 0.6) is 0 Å². The van der Waals surface area contributed by atoms with E-state index < -0.39 is 5.97 Å². The maximum atomic E-state index is 10.7. The van der Waals surface area contributed by atoms with Gasteiger partial charge in [-0.1, -0.05) is 61.5 Å². The van der Waals surface area contributed by atoms with Gasteiger partial charge in [0.25, 0.3) is 0 Å². The van der Waals surface area contributed by atoms with Crippen molar-refractivity contribution in [1.82, 2.24) is 0 Å². The minimum Gasteiger partial charge on any atom is -0.481 e. The summed E-state index contributed by atoms with van der Waals surface area (Å²) in [5, 5.41) is 23.0. The van der Waals surface area contributed by atoms with Crippen molar-refractivity contribution in [3.05, 3.63) is 71.3 Å². The van der Waals surface area contributed by atoms with Crippen LogP contribution in [0.15, 0.2) is 54.6 Å². The fourth-order valence-electron chi connectivity index (χ4n) is 2.26. The fourth-order valence-corrected chi connectivity index (χ4v) is 2.26. The summed E-state index contributed by atoms with van der Waals surface area (Å²) in [4.78, 5) is 10.7. The Hall–Kier alpha value is -3.15. The Kier molecular flexibility index (Phi) is 7.86. The number of carboxylic acids is 1. The van der Waals surface area contributed by atoms with E-state index in [0.29, 0.717) is 5.56 Å². The van der Waals surface area contributed by atoms with E-state index >= 15 is 0 Å². The van der Waals surface area contributed by atoms with E-state index in [1.165, 1.54) is 0 Å². The molecule has 6 heteroatoms. The topological polar surface area (TPSA) is 137 Å². The SMILES string of the molecule is CCC(CC(=O)O)c1ccc(C(=N)N)cc1.N=C(N)c1ccccc1. The number of aliphatic carboxylic acids is 1. The Morgan fingerprint density at radius 1 is 0.960 bits per heavy atom. The molecule has 0 aliphatic rings. The van der Waals surface area contributed by atoms with Crippen LogP contribution < -0.4 is 11.5 Å². The molecule has 1 unspecified atom stereocenters. The summed E-state index contributed by atoms with van der Waals surface area (Å²) in [5.74, 6) is -0.616. The van der Waals surface area contributed by atoms with Gasteiger partial charge in [-0.3, -0.25) is 15.6 Å². The Morgan fingerprint density at radius 3 is 1.80 bits per heavy atom. The maximum absolute atomic E-state index is 10.7. The molecule has 7 N–H and O–H groups in total. The van der Waals surface area contributed by atoms with Crippen molar-refractivity contribution in [3.63, 3.8) is 0 Å². The third-order valence-electron chi connectivity index (χ3n) is 3.69. The van der Waals surface area contributed by atoms with Crippen molar-refractivity contribution in [2.45, 2.75) is 25.7 Å². The van der Waals surface area contributed by atoms with Gasteiger partial charge in [0.1, 0.15) is 11.7 Å². The van der Waals surface area contributed by atoms with Crippen LogP contribution in [0.25, 0.3) is 0 Å². The second kappa shape index (κ2) is 9.87. The summed E-state index contributed by atoms with van der Waals surface area (Å²) in [7, 11) is 0. The van der Waals surface area contributed by atoms with Crippen molar-refractivity contribution in [2.75, 3.05) is 0 Å². The normalized spacial score (nSPS) is 10.9. The monoisotopic (exact) mass is 340 g/mol. The molecule has 2 aromatic rings. The molecule has 0 fully saturated rings. The summed E-state index contributed by atoms with van der Waals surface area (Å²) in [6.45, 7) is 1.96. The van der Waals surface area contributed by atoms with E-state index in [4.69, 9.17) is 27.4 Å². The molecule has 0 heterocycles. The zero-order valence-electron chi connectivity index (χ0n) is 14.2. The number of nitrogens with two attached hydrogens (primary N) is 2. The smallest absolute Gasteiger partial charge is 0.303 e. The minimum absolute atomic E-state index is 0.0258. The number of nitrogens with one attached hydrogen (secondary N) is 2. The van der Waals surface area contributed by atoms with Crippen LogP contribution in [-0.4, -0.2) is 22.7 Å². The largest absolute Gasteiger partial charge is 0.481 e. The van der Waals surface area contributed by atoms with E-state index in [2.05, 4.69) is 0 Å². The maximum Gasteiger partial charge on any atom is 0.303 e. The Labute approximate surface area is 147 Å². The van der Waals surface area contributed by atoms with Crippen LogP contribution in [0.2, 0.25) is 0 Å². The molecule has 2 rings (SSSR count). The highest BCUT2D eigenvalue weighted by molar-refractivity contribution is 5.95. The minimum atomic E-state index is -0.789. The zero-order valence-corrected chi connectivity index (χ0v) is 14.2. The molecule has 0 aliphatic heterocycles. The van der Waals surface area contributed by atoms with E-state index in [1.807, 2.05) is 49.4 Å². The molecule has 1 atom stereocenters. The highest BCUT2D eigenvalue weighted by atomic mass is 16.4. The van der Waals surface area contributed by atoms with E-state index in [0.717, 1.165) is 17.5 Å². The standard InChI is InChI=1S/C12H16N2O2.C7H8N2/c1-2-8(7-11(15)16)9-3-5-10(6-4-9)12(13)14;8-7(9)6-4-2-1-3-5-6/h3-6,8H,2,7H2,1H3,(H3,13,14)(H,15,16);1-5H,(H3,8,9). The lowest BCUT2D eigenvalue weighted by Gasteiger charge is -2.13. The molecule has 0 spiro atoms. The zero-order chi connectivity index (χ0) is 18.8. The van der Waals surface area contributed by atoms with Gasteiger partial charge in [0.2, 0.25) is 0 Å². The lowest BCUT2D eigenvalue weighted by Crippen LogP contribution is -2.11. The Morgan fingerprint density at radius 2 is 1.44 bits per heavy atom.